The number of hydrogen-bond acceptors (Lipinski definition) is 4. The monoisotopic (exact) mass is 258 g/mol. The molecule has 0 radical (unpaired) electrons. The second-order valence-electron chi connectivity index (χ2n) is 4.65. The van der Waals surface area contributed by atoms with Crippen molar-refractivity contribution in [2.75, 3.05) is 0 Å². The van der Waals surface area contributed by atoms with Gasteiger partial charge in [-0.2, -0.15) is 0 Å². The molecular weight excluding hydrogens is 240 g/mol. The van der Waals surface area contributed by atoms with Crippen LogP contribution in [0.25, 0.3) is 0 Å². The predicted octanol–water partition coefficient (Wildman–Crippen LogP) is 2.54. The van der Waals surface area contributed by atoms with Crippen LogP contribution in [0.5, 0.6) is 5.88 Å². The van der Waals surface area contributed by atoms with Crippen molar-refractivity contribution in [3.05, 3.63) is 54.0 Å². The SMILES string of the molecule is CC(C)Oc1cncc(CC(O)c2ccccc2)n1. The Kier molecular flexibility index (Phi) is 4.47. The van der Waals surface area contributed by atoms with Gasteiger partial charge in [-0.25, -0.2) is 4.98 Å². The maximum atomic E-state index is 10.1. The van der Waals surface area contributed by atoms with E-state index < -0.39 is 6.10 Å². The van der Waals surface area contributed by atoms with E-state index in [2.05, 4.69) is 9.97 Å². The molecule has 1 aromatic heterocycles. The smallest absolute Gasteiger partial charge is 0.232 e. The summed E-state index contributed by atoms with van der Waals surface area (Å²) in [4.78, 5) is 8.42. The minimum absolute atomic E-state index is 0.0589. The average molecular weight is 258 g/mol. The summed E-state index contributed by atoms with van der Waals surface area (Å²) in [7, 11) is 0. The van der Waals surface area contributed by atoms with E-state index >= 15 is 0 Å². The van der Waals surface area contributed by atoms with Crippen molar-refractivity contribution in [3.63, 3.8) is 0 Å². The van der Waals surface area contributed by atoms with Gasteiger partial charge < -0.3 is 9.84 Å². The highest BCUT2D eigenvalue weighted by Gasteiger charge is 2.10. The van der Waals surface area contributed by atoms with Crippen LogP contribution in [0, 0.1) is 0 Å². The van der Waals surface area contributed by atoms with Crippen molar-refractivity contribution in [1.82, 2.24) is 9.97 Å². The summed E-state index contributed by atoms with van der Waals surface area (Å²) in [5, 5.41) is 10.1. The third-order valence-electron chi connectivity index (χ3n) is 2.61. The molecule has 1 aromatic carbocycles. The predicted molar refractivity (Wildman–Crippen MR) is 72.9 cm³/mol. The summed E-state index contributed by atoms with van der Waals surface area (Å²) >= 11 is 0. The van der Waals surface area contributed by atoms with Gasteiger partial charge in [-0.3, -0.25) is 4.98 Å². The van der Waals surface area contributed by atoms with Crippen molar-refractivity contribution in [2.24, 2.45) is 0 Å². The van der Waals surface area contributed by atoms with Gasteiger partial charge in [0.15, 0.2) is 0 Å². The molecule has 0 spiro atoms. The fraction of sp³-hybridized carbons (Fsp3) is 0.333. The summed E-state index contributed by atoms with van der Waals surface area (Å²) in [6.45, 7) is 3.88. The van der Waals surface area contributed by atoms with Crippen LogP contribution < -0.4 is 4.74 Å². The molecule has 2 rings (SSSR count). The van der Waals surface area contributed by atoms with Gasteiger partial charge in [-0.1, -0.05) is 30.3 Å². The van der Waals surface area contributed by atoms with Crippen LogP contribution in [-0.4, -0.2) is 21.2 Å². The van der Waals surface area contributed by atoms with Crippen LogP contribution >= 0.6 is 0 Å². The van der Waals surface area contributed by atoms with Gasteiger partial charge >= 0.3 is 0 Å². The molecule has 0 fully saturated rings. The average Bonchev–Trinajstić information content (AvgIpc) is 2.39. The molecule has 0 saturated carbocycles. The quantitative estimate of drug-likeness (QED) is 0.895. The van der Waals surface area contributed by atoms with E-state index in [1.54, 1.807) is 12.4 Å². The first kappa shape index (κ1) is 13.5. The van der Waals surface area contributed by atoms with Crippen molar-refractivity contribution in [2.45, 2.75) is 32.5 Å². The lowest BCUT2D eigenvalue weighted by Crippen LogP contribution is -2.09. The Balaban J connectivity index is 2.06. The Hall–Kier alpha value is -1.94. The first-order chi connectivity index (χ1) is 9.15. The van der Waals surface area contributed by atoms with Gasteiger partial charge in [-0.05, 0) is 19.4 Å². The summed E-state index contributed by atoms with van der Waals surface area (Å²) in [5.74, 6) is 0.493. The maximum absolute atomic E-state index is 10.1. The number of aliphatic hydroxyl groups is 1. The minimum Gasteiger partial charge on any atom is -0.474 e. The van der Waals surface area contributed by atoms with E-state index in [0.29, 0.717) is 12.3 Å². The normalized spacial score (nSPS) is 12.4. The van der Waals surface area contributed by atoms with Crippen molar-refractivity contribution in [1.29, 1.82) is 0 Å². The Morgan fingerprint density at radius 3 is 2.58 bits per heavy atom. The molecule has 0 aliphatic carbocycles. The lowest BCUT2D eigenvalue weighted by atomic mass is 10.1. The Labute approximate surface area is 113 Å². The van der Waals surface area contributed by atoms with E-state index in [4.69, 9.17) is 4.74 Å². The van der Waals surface area contributed by atoms with E-state index in [1.807, 2.05) is 44.2 Å². The molecule has 1 atom stereocenters. The van der Waals surface area contributed by atoms with Crippen LogP contribution in [0.1, 0.15) is 31.2 Å². The molecule has 19 heavy (non-hydrogen) atoms. The highest BCUT2D eigenvalue weighted by Crippen LogP contribution is 2.17. The second kappa shape index (κ2) is 6.29. The zero-order valence-electron chi connectivity index (χ0n) is 11.2. The number of nitrogens with zero attached hydrogens (tertiary/aromatic N) is 2. The van der Waals surface area contributed by atoms with Crippen molar-refractivity contribution >= 4 is 0 Å². The molecule has 4 nitrogen and oxygen atoms in total. The highest BCUT2D eigenvalue weighted by atomic mass is 16.5. The van der Waals surface area contributed by atoms with E-state index in [9.17, 15) is 5.11 Å². The fourth-order valence-corrected chi connectivity index (χ4v) is 1.77. The van der Waals surface area contributed by atoms with E-state index in [1.165, 1.54) is 0 Å². The lowest BCUT2D eigenvalue weighted by Gasteiger charge is -2.12. The standard InChI is InChI=1S/C15H18N2O2/c1-11(2)19-15-10-16-9-13(17-15)8-14(18)12-6-4-3-5-7-12/h3-7,9-11,14,18H,8H2,1-2H3. The maximum Gasteiger partial charge on any atom is 0.232 e. The fourth-order valence-electron chi connectivity index (χ4n) is 1.77. The molecule has 1 N–H and O–H groups in total. The highest BCUT2D eigenvalue weighted by molar-refractivity contribution is 5.19. The van der Waals surface area contributed by atoms with Gasteiger partial charge in [0, 0.05) is 12.6 Å². The molecule has 0 aliphatic heterocycles. The topological polar surface area (TPSA) is 55.2 Å². The van der Waals surface area contributed by atoms with Gasteiger partial charge in [0.2, 0.25) is 5.88 Å². The van der Waals surface area contributed by atoms with Crippen LogP contribution in [-0.2, 0) is 6.42 Å². The summed E-state index contributed by atoms with van der Waals surface area (Å²) in [6, 6.07) is 9.53. The van der Waals surface area contributed by atoms with Crippen LogP contribution in [0.4, 0.5) is 0 Å². The molecule has 0 saturated heterocycles. The Morgan fingerprint density at radius 1 is 1.16 bits per heavy atom. The second-order valence-corrected chi connectivity index (χ2v) is 4.65. The van der Waals surface area contributed by atoms with Gasteiger partial charge in [-0.15, -0.1) is 0 Å². The number of ether oxygens (including phenoxy) is 1. The molecule has 0 bridgehead atoms. The third-order valence-corrected chi connectivity index (χ3v) is 2.61. The van der Waals surface area contributed by atoms with E-state index in [-0.39, 0.29) is 6.10 Å². The molecule has 1 unspecified atom stereocenters. The number of aromatic nitrogens is 2. The minimum atomic E-state index is -0.579. The van der Waals surface area contributed by atoms with Crippen LogP contribution in [0.15, 0.2) is 42.7 Å². The molecule has 0 amide bonds. The summed E-state index contributed by atoms with van der Waals surface area (Å²) in [5.41, 5.74) is 1.59. The lowest BCUT2D eigenvalue weighted by molar-refractivity contribution is 0.176. The number of hydrogen-bond donors (Lipinski definition) is 1. The molecule has 4 heteroatoms. The van der Waals surface area contributed by atoms with Gasteiger partial charge in [0.25, 0.3) is 0 Å². The number of rotatable bonds is 5. The molecular formula is C15H18N2O2. The Bertz CT molecular complexity index is 515. The summed E-state index contributed by atoms with van der Waals surface area (Å²) < 4.78 is 5.49. The molecule has 1 heterocycles. The largest absolute Gasteiger partial charge is 0.474 e. The third kappa shape index (κ3) is 4.03. The molecule has 100 valence electrons. The van der Waals surface area contributed by atoms with Crippen molar-refractivity contribution < 1.29 is 9.84 Å². The number of aliphatic hydroxyl groups excluding tert-OH is 1. The Morgan fingerprint density at radius 2 is 1.89 bits per heavy atom. The zero-order valence-corrected chi connectivity index (χ0v) is 11.2. The van der Waals surface area contributed by atoms with Crippen molar-refractivity contribution in [3.8, 4) is 5.88 Å². The molecule has 2 aromatic rings. The van der Waals surface area contributed by atoms with Crippen LogP contribution in [0.3, 0.4) is 0 Å². The first-order valence-electron chi connectivity index (χ1n) is 6.35. The van der Waals surface area contributed by atoms with Gasteiger partial charge in [0.1, 0.15) is 0 Å². The van der Waals surface area contributed by atoms with E-state index in [0.717, 1.165) is 11.3 Å². The van der Waals surface area contributed by atoms with Gasteiger partial charge in [0.05, 0.1) is 24.1 Å². The zero-order chi connectivity index (χ0) is 13.7. The number of benzene rings is 1. The summed E-state index contributed by atoms with van der Waals surface area (Å²) in [6.07, 6.45) is 3.14. The first-order valence-corrected chi connectivity index (χ1v) is 6.35. The molecule has 0 aliphatic rings. The van der Waals surface area contributed by atoms with Crippen LogP contribution in [0.2, 0.25) is 0 Å².